The Balaban J connectivity index is 1.74. The number of amides is 2. The molecule has 1 N–H and O–H groups in total. The fourth-order valence-electron chi connectivity index (χ4n) is 3.48. The lowest BCUT2D eigenvalue weighted by molar-refractivity contribution is 0.189. The molecule has 3 rings (SSSR count). The van der Waals surface area contributed by atoms with E-state index in [9.17, 15) is 4.79 Å². The number of benzene rings is 2. The topological polar surface area (TPSA) is 41.6 Å². The molecule has 0 saturated carbocycles. The molecule has 0 aromatic heterocycles. The van der Waals surface area contributed by atoms with Crippen molar-refractivity contribution in [1.82, 2.24) is 4.90 Å². The summed E-state index contributed by atoms with van der Waals surface area (Å²) in [6.45, 7) is 5.48. The maximum atomic E-state index is 13.0. The van der Waals surface area contributed by atoms with Crippen LogP contribution in [0.15, 0.2) is 48.5 Å². The van der Waals surface area contributed by atoms with E-state index in [-0.39, 0.29) is 12.1 Å². The van der Waals surface area contributed by atoms with Gasteiger partial charge in [-0.25, -0.2) is 4.79 Å². The van der Waals surface area contributed by atoms with E-state index in [2.05, 4.69) is 36.5 Å². The van der Waals surface area contributed by atoms with Gasteiger partial charge in [0.15, 0.2) is 0 Å². The van der Waals surface area contributed by atoms with Gasteiger partial charge >= 0.3 is 6.03 Å². The van der Waals surface area contributed by atoms with Gasteiger partial charge in [0.25, 0.3) is 0 Å². The Kier molecular flexibility index (Phi) is 6.16. The second-order valence-corrected chi connectivity index (χ2v) is 6.86. The minimum absolute atomic E-state index is 0.0263. The first-order valence-electron chi connectivity index (χ1n) is 9.54. The van der Waals surface area contributed by atoms with E-state index >= 15 is 0 Å². The zero-order chi connectivity index (χ0) is 18.4. The number of nitrogens with zero attached hydrogens (tertiary/aromatic N) is 1. The van der Waals surface area contributed by atoms with Crippen molar-refractivity contribution in [3.05, 3.63) is 59.7 Å². The van der Waals surface area contributed by atoms with Crippen LogP contribution in [-0.2, 0) is 0 Å². The fraction of sp³-hybridized carbons (Fsp3) is 0.409. The highest BCUT2D eigenvalue weighted by molar-refractivity contribution is 5.89. The van der Waals surface area contributed by atoms with Crippen LogP contribution in [0.5, 0.6) is 5.75 Å². The summed E-state index contributed by atoms with van der Waals surface area (Å²) < 4.78 is 5.46. The predicted molar refractivity (Wildman–Crippen MR) is 106 cm³/mol. The molecule has 2 aromatic rings. The molecule has 4 nitrogen and oxygen atoms in total. The first kappa shape index (κ1) is 18.3. The summed E-state index contributed by atoms with van der Waals surface area (Å²) in [5.41, 5.74) is 3.26. The lowest BCUT2D eigenvalue weighted by Gasteiger charge is -2.30. The Bertz CT molecular complexity index is 710. The lowest BCUT2D eigenvalue weighted by Crippen LogP contribution is -2.38. The Morgan fingerprint density at radius 1 is 1.08 bits per heavy atom. The zero-order valence-corrected chi connectivity index (χ0v) is 15.7. The largest absolute Gasteiger partial charge is 0.494 e. The van der Waals surface area contributed by atoms with Gasteiger partial charge in [-0.05, 0) is 56.5 Å². The summed E-state index contributed by atoms with van der Waals surface area (Å²) in [5.74, 6) is 0.817. The summed E-state index contributed by atoms with van der Waals surface area (Å²) in [4.78, 5) is 15.0. The average molecular weight is 352 g/mol. The first-order valence-corrected chi connectivity index (χ1v) is 9.54. The van der Waals surface area contributed by atoms with Crippen molar-refractivity contribution >= 4 is 11.7 Å². The molecule has 1 saturated heterocycles. The van der Waals surface area contributed by atoms with Crippen molar-refractivity contribution in [2.45, 2.75) is 45.6 Å². The van der Waals surface area contributed by atoms with E-state index in [1.54, 1.807) is 0 Å². The van der Waals surface area contributed by atoms with Gasteiger partial charge in [-0.3, -0.25) is 0 Å². The highest BCUT2D eigenvalue weighted by Crippen LogP contribution is 2.31. The van der Waals surface area contributed by atoms with E-state index in [4.69, 9.17) is 4.74 Å². The molecular formula is C22H28N2O2. The van der Waals surface area contributed by atoms with Crippen LogP contribution in [0.1, 0.15) is 49.8 Å². The number of carbonyl (C=O) groups excluding carboxylic acids is 1. The molecule has 2 amide bonds. The molecule has 4 heteroatoms. The Hall–Kier alpha value is -2.49. The first-order chi connectivity index (χ1) is 12.7. The number of nitrogens with one attached hydrogen (secondary N) is 1. The van der Waals surface area contributed by atoms with Crippen LogP contribution >= 0.6 is 0 Å². The summed E-state index contributed by atoms with van der Waals surface area (Å²) in [6, 6.07) is 16.2. The van der Waals surface area contributed by atoms with Crippen LogP contribution in [0.4, 0.5) is 10.5 Å². The van der Waals surface area contributed by atoms with Crippen LogP contribution in [0.3, 0.4) is 0 Å². The van der Waals surface area contributed by atoms with Crippen molar-refractivity contribution in [2.24, 2.45) is 0 Å². The van der Waals surface area contributed by atoms with Crippen LogP contribution in [-0.4, -0.2) is 24.1 Å². The minimum atomic E-state index is -0.0263. The monoisotopic (exact) mass is 352 g/mol. The van der Waals surface area contributed by atoms with Crippen LogP contribution < -0.4 is 10.1 Å². The van der Waals surface area contributed by atoms with E-state index < -0.39 is 0 Å². The predicted octanol–water partition coefficient (Wildman–Crippen LogP) is 5.54. The summed E-state index contributed by atoms with van der Waals surface area (Å²) >= 11 is 0. The standard InChI is InChI=1S/C22H28N2O2/c1-3-26-20-14-12-19(13-15-20)23-22(25)24-16-6-4-5-7-21(24)18-10-8-17(2)9-11-18/h8-15,21H,3-7,16H2,1-2H3,(H,23,25)/t21-/m0/s1. The van der Waals surface area contributed by atoms with Crippen molar-refractivity contribution < 1.29 is 9.53 Å². The van der Waals surface area contributed by atoms with Crippen LogP contribution in [0.2, 0.25) is 0 Å². The highest BCUT2D eigenvalue weighted by Gasteiger charge is 2.26. The normalized spacial score (nSPS) is 17.5. The maximum absolute atomic E-state index is 13.0. The molecule has 138 valence electrons. The third-order valence-corrected chi connectivity index (χ3v) is 4.89. The van der Waals surface area contributed by atoms with Gasteiger partial charge in [0.05, 0.1) is 12.6 Å². The van der Waals surface area contributed by atoms with Gasteiger partial charge in [-0.2, -0.15) is 0 Å². The average Bonchev–Trinajstić information content (AvgIpc) is 2.90. The summed E-state index contributed by atoms with van der Waals surface area (Å²) in [5, 5.41) is 3.05. The van der Waals surface area contributed by atoms with Gasteiger partial charge < -0.3 is 15.0 Å². The number of carbonyl (C=O) groups is 1. The maximum Gasteiger partial charge on any atom is 0.322 e. The molecule has 1 aliphatic rings. The molecule has 0 bridgehead atoms. The molecule has 1 heterocycles. The molecule has 1 aliphatic heterocycles. The lowest BCUT2D eigenvalue weighted by atomic mass is 10.00. The Morgan fingerprint density at radius 2 is 1.81 bits per heavy atom. The molecule has 26 heavy (non-hydrogen) atoms. The number of urea groups is 1. The Morgan fingerprint density at radius 3 is 2.50 bits per heavy atom. The minimum Gasteiger partial charge on any atom is -0.494 e. The number of ether oxygens (including phenoxy) is 1. The summed E-state index contributed by atoms with van der Waals surface area (Å²) in [7, 11) is 0. The van der Waals surface area contributed by atoms with Crippen molar-refractivity contribution in [1.29, 1.82) is 0 Å². The molecule has 1 atom stereocenters. The van der Waals surface area contributed by atoms with Crippen molar-refractivity contribution in [3.8, 4) is 5.75 Å². The van der Waals surface area contributed by atoms with Gasteiger partial charge in [-0.1, -0.05) is 42.7 Å². The van der Waals surface area contributed by atoms with Gasteiger partial charge in [-0.15, -0.1) is 0 Å². The number of likely N-dealkylation sites (tertiary alicyclic amines) is 1. The van der Waals surface area contributed by atoms with Crippen molar-refractivity contribution in [3.63, 3.8) is 0 Å². The molecule has 0 aliphatic carbocycles. The molecular weight excluding hydrogens is 324 g/mol. The number of rotatable bonds is 4. The number of anilines is 1. The van der Waals surface area contributed by atoms with E-state index in [1.807, 2.05) is 36.1 Å². The fourth-order valence-corrected chi connectivity index (χ4v) is 3.48. The Labute approximate surface area is 156 Å². The number of hydrogen-bond acceptors (Lipinski definition) is 2. The number of hydrogen-bond donors (Lipinski definition) is 1. The second-order valence-electron chi connectivity index (χ2n) is 6.86. The van der Waals surface area contributed by atoms with Gasteiger partial charge in [0, 0.05) is 12.2 Å². The van der Waals surface area contributed by atoms with E-state index in [1.165, 1.54) is 17.5 Å². The van der Waals surface area contributed by atoms with Gasteiger partial charge in [0.1, 0.15) is 5.75 Å². The number of aryl methyl sites for hydroxylation is 1. The quantitative estimate of drug-likeness (QED) is 0.784. The zero-order valence-electron chi connectivity index (χ0n) is 15.7. The van der Waals surface area contributed by atoms with E-state index in [0.717, 1.165) is 37.2 Å². The van der Waals surface area contributed by atoms with Crippen molar-refractivity contribution in [2.75, 3.05) is 18.5 Å². The molecule has 2 aromatic carbocycles. The highest BCUT2D eigenvalue weighted by atomic mass is 16.5. The SMILES string of the molecule is CCOc1ccc(NC(=O)N2CCCCC[C@H]2c2ccc(C)cc2)cc1. The smallest absolute Gasteiger partial charge is 0.322 e. The van der Waals surface area contributed by atoms with Gasteiger partial charge in [0.2, 0.25) is 0 Å². The van der Waals surface area contributed by atoms with E-state index in [0.29, 0.717) is 6.61 Å². The van der Waals surface area contributed by atoms with Crippen LogP contribution in [0, 0.1) is 6.92 Å². The molecule has 0 radical (unpaired) electrons. The van der Waals surface area contributed by atoms with Crippen LogP contribution in [0.25, 0.3) is 0 Å². The third kappa shape index (κ3) is 4.57. The second kappa shape index (κ2) is 8.75. The molecule has 0 unspecified atom stereocenters. The molecule has 1 fully saturated rings. The molecule has 0 spiro atoms. The third-order valence-electron chi connectivity index (χ3n) is 4.89. The summed E-state index contributed by atoms with van der Waals surface area (Å²) in [6.07, 6.45) is 4.40.